The summed E-state index contributed by atoms with van der Waals surface area (Å²) in [5.74, 6) is -0.801. The molecule has 0 saturated heterocycles. The molecule has 0 fully saturated rings. The normalized spacial score (nSPS) is 14.1. The minimum atomic E-state index is -4.41. The third-order valence-electron chi connectivity index (χ3n) is 16.4. The number of ether oxygens (including phenoxy) is 2. The van der Waals surface area contributed by atoms with Crippen molar-refractivity contribution < 1.29 is 42.1 Å². The second kappa shape index (κ2) is 76.3. The van der Waals surface area contributed by atoms with Crippen LogP contribution in [0.2, 0.25) is 0 Å². The highest BCUT2D eigenvalue weighted by Crippen LogP contribution is 2.43. The van der Waals surface area contributed by atoms with Crippen LogP contribution in [-0.4, -0.2) is 74.9 Å². The van der Waals surface area contributed by atoms with E-state index in [9.17, 15) is 19.0 Å². The van der Waals surface area contributed by atoms with Crippen molar-refractivity contribution in [2.24, 2.45) is 0 Å². The van der Waals surface area contributed by atoms with Gasteiger partial charge < -0.3 is 18.9 Å². The fourth-order valence-electron chi connectivity index (χ4n) is 10.5. The molecule has 556 valence electrons. The standard InChI is InChI=1S/C88H146NO8P/c1-6-8-10-12-14-16-18-20-22-24-26-28-30-32-34-36-38-40-42-43-44-45-47-49-51-53-55-57-59-61-63-65-67-69-71-73-75-77-79-81-88(91)97-86(85-96-98(92,93)95-83-82-89(3,4)5)84-94-87(90)80-78-76-74-72-70-68-66-64-62-60-58-56-54-52-50-48-46-41-39-37-35-33-31-29-27-25-23-21-19-17-15-13-11-9-7-2/h8-11,14-17,20-23,26-29,32-35,38-41,43-44,47-50,86H,6-7,12-13,18-19,24-25,30-31,36-37,42,45-46,51-85H2,1-5H3/p+1/b10-8-,11-9-,16-14-,17-15-,22-20-,23-21-,28-26-,29-27-,34-32-,35-33-,40-38-,41-39-,44-43-,49-47-,50-48-. The SMILES string of the molecule is CC/C=C\C/C=C\C/C=C\C/C=C\C/C=C\C/C=C\C/C=C\C/C=C\CCCCCCCCCCCCCCCCC(=O)OC(COC(=O)CCCCCCCCCCCCCCC/C=C\C/C=C\C/C=C\C/C=C\C/C=C\C/C=C\C/C=C\CC)COP(=O)(O)OCC[N+](C)(C)C. The molecule has 0 aliphatic heterocycles. The molecule has 0 aliphatic carbocycles. The van der Waals surface area contributed by atoms with Gasteiger partial charge in [-0.3, -0.25) is 18.6 Å². The van der Waals surface area contributed by atoms with Gasteiger partial charge in [-0.1, -0.05) is 344 Å². The van der Waals surface area contributed by atoms with Crippen LogP contribution in [0.1, 0.15) is 309 Å². The van der Waals surface area contributed by atoms with E-state index in [2.05, 4.69) is 196 Å². The van der Waals surface area contributed by atoms with Crippen molar-refractivity contribution in [2.45, 2.75) is 315 Å². The zero-order valence-corrected chi connectivity index (χ0v) is 64.3. The first-order valence-corrected chi connectivity index (χ1v) is 41.0. The Labute approximate surface area is 603 Å². The molecular weight excluding hydrogens is 1230 g/mol. The maximum Gasteiger partial charge on any atom is 0.472 e. The highest BCUT2D eigenvalue weighted by Gasteiger charge is 2.27. The van der Waals surface area contributed by atoms with Crippen molar-refractivity contribution in [3.63, 3.8) is 0 Å². The van der Waals surface area contributed by atoms with E-state index in [0.29, 0.717) is 17.4 Å². The zero-order valence-electron chi connectivity index (χ0n) is 63.5. The first-order chi connectivity index (χ1) is 48.0. The summed E-state index contributed by atoms with van der Waals surface area (Å²) in [6.07, 6.45) is 117. The van der Waals surface area contributed by atoms with Crippen molar-refractivity contribution in [3.8, 4) is 0 Å². The fraction of sp³-hybridized carbons (Fsp3) is 0.636. The van der Waals surface area contributed by atoms with Gasteiger partial charge in [-0.15, -0.1) is 0 Å². The Hall–Kier alpha value is -4.89. The molecule has 0 spiro atoms. The number of hydrogen-bond donors (Lipinski definition) is 1. The Morgan fingerprint density at radius 1 is 0.316 bits per heavy atom. The number of phosphoric acid groups is 1. The number of esters is 2. The maximum absolute atomic E-state index is 12.9. The van der Waals surface area contributed by atoms with E-state index in [1.165, 1.54) is 141 Å². The molecule has 10 heteroatoms. The van der Waals surface area contributed by atoms with Crippen molar-refractivity contribution in [3.05, 3.63) is 182 Å². The third kappa shape index (κ3) is 80.1. The smallest absolute Gasteiger partial charge is 0.462 e. The molecule has 0 saturated carbocycles. The quantitative estimate of drug-likeness (QED) is 0.0211. The number of hydrogen-bond acceptors (Lipinski definition) is 7. The molecule has 0 aromatic heterocycles. The lowest BCUT2D eigenvalue weighted by Crippen LogP contribution is -2.37. The van der Waals surface area contributed by atoms with Crippen LogP contribution in [0, 0.1) is 0 Å². The van der Waals surface area contributed by atoms with Gasteiger partial charge in [0.05, 0.1) is 27.7 Å². The molecule has 0 amide bonds. The summed E-state index contributed by atoms with van der Waals surface area (Å²) in [5.41, 5.74) is 0. The predicted octanol–water partition coefficient (Wildman–Crippen LogP) is 26.6. The molecule has 2 atom stereocenters. The first-order valence-electron chi connectivity index (χ1n) is 39.5. The lowest BCUT2D eigenvalue weighted by atomic mass is 10.0. The predicted molar refractivity (Wildman–Crippen MR) is 426 cm³/mol. The number of nitrogens with zero attached hydrogens (tertiary/aromatic N) is 1. The molecule has 0 radical (unpaired) electrons. The minimum absolute atomic E-state index is 0.0246. The van der Waals surface area contributed by atoms with Crippen LogP contribution in [0.3, 0.4) is 0 Å². The van der Waals surface area contributed by atoms with Gasteiger partial charge in [-0.25, -0.2) is 4.57 Å². The van der Waals surface area contributed by atoms with Gasteiger partial charge in [-0.2, -0.15) is 0 Å². The van der Waals surface area contributed by atoms with E-state index in [4.69, 9.17) is 18.5 Å². The summed E-state index contributed by atoms with van der Waals surface area (Å²) in [6.45, 7) is 4.21. The summed E-state index contributed by atoms with van der Waals surface area (Å²) < 4.78 is 34.8. The van der Waals surface area contributed by atoms with E-state index in [1.807, 2.05) is 21.1 Å². The van der Waals surface area contributed by atoms with Gasteiger partial charge in [0.15, 0.2) is 6.10 Å². The van der Waals surface area contributed by atoms with E-state index in [0.717, 1.165) is 135 Å². The Morgan fingerprint density at radius 3 is 0.816 bits per heavy atom. The first kappa shape index (κ1) is 93.1. The highest BCUT2D eigenvalue weighted by molar-refractivity contribution is 7.47. The minimum Gasteiger partial charge on any atom is -0.462 e. The third-order valence-corrected chi connectivity index (χ3v) is 17.4. The number of likely N-dealkylation sites (N-methyl/N-ethyl adjacent to an activating group) is 1. The molecule has 0 bridgehead atoms. The number of allylic oxidation sites excluding steroid dienone is 30. The summed E-state index contributed by atoms with van der Waals surface area (Å²) in [5, 5.41) is 0. The topological polar surface area (TPSA) is 108 Å². The number of unbranched alkanes of at least 4 members (excludes halogenated alkanes) is 27. The second-order valence-corrected chi connectivity index (χ2v) is 28.4. The van der Waals surface area contributed by atoms with Gasteiger partial charge in [0.1, 0.15) is 19.8 Å². The van der Waals surface area contributed by atoms with Gasteiger partial charge >= 0.3 is 19.8 Å². The average molecular weight is 1380 g/mol. The highest BCUT2D eigenvalue weighted by atomic mass is 31.2. The average Bonchev–Trinajstić information content (AvgIpc) is 1.23. The van der Waals surface area contributed by atoms with Crippen LogP contribution in [0.5, 0.6) is 0 Å². The molecule has 98 heavy (non-hydrogen) atoms. The summed E-state index contributed by atoms with van der Waals surface area (Å²) in [6, 6.07) is 0. The van der Waals surface area contributed by atoms with Crippen molar-refractivity contribution >= 4 is 19.8 Å². The molecule has 0 aliphatic rings. The molecule has 0 heterocycles. The largest absolute Gasteiger partial charge is 0.472 e. The summed E-state index contributed by atoms with van der Waals surface area (Å²) in [7, 11) is 1.47. The van der Waals surface area contributed by atoms with Crippen LogP contribution in [0.15, 0.2) is 182 Å². The lowest BCUT2D eigenvalue weighted by molar-refractivity contribution is -0.870. The number of quaternary nitrogens is 1. The van der Waals surface area contributed by atoms with E-state index in [1.54, 1.807) is 0 Å². The number of carbonyl (C=O) groups is 2. The van der Waals surface area contributed by atoms with Gasteiger partial charge in [-0.05, 0) is 135 Å². The molecule has 2 unspecified atom stereocenters. The van der Waals surface area contributed by atoms with Gasteiger partial charge in [0, 0.05) is 12.8 Å². The number of phosphoric ester groups is 1. The fourth-order valence-corrected chi connectivity index (χ4v) is 11.2. The molecule has 0 aromatic rings. The molecule has 0 aromatic carbocycles. The van der Waals surface area contributed by atoms with E-state index in [-0.39, 0.29) is 32.0 Å². The Morgan fingerprint density at radius 2 is 0.551 bits per heavy atom. The summed E-state index contributed by atoms with van der Waals surface area (Å²) >= 11 is 0. The van der Waals surface area contributed by atoms with Crippen LogP contribution < -0.4 is 0 Å². The van der Waals surface area contributed by atoms with Crippen LogP contribution >= 0.6 is 7.82 Å². The Bertz CT molecular complexity index is 2320. The number of rotatable bonds is 71. The molecule has 0 rings (SSSR count). The lowest BCUT2D eigenvalue weighted by Gasteiger charge is -2.24. The second-order valence-electron chi connectivity index (χ2n) is 27.0. The van der Waals surface area contributed by atoms with E-state index < -0.39 is 26.5 Å². The van der Waals surface area contributed by atoms with Crippen molar-refractivity contribution in [1.29, 1.82) is 0 Å². The Balaban J connectivity index is 4.04. The van der Waals surface area contributed by atoms with Crippen molar-refractivity contribution in [2.75, 3.05) is 47.5 Å². The van der Waals surface area contributed by atoms with Gasteiger partial charge in [0.2, 0.25) is 0 Å². The maximum atomic E-state index is 12.9. The van der Waals surface area contributed by atoms with Crippen LogP contribution in [0.25, 0.3) is 0 Å². The number of carbonyl (C=O) groups excluding carboxylic acids is 2. The van der Waals surface area contributed by atoms with Crippen molar-refractivity contribution in [1.82, 2.24) is 0 Å². The molecule has 1 N–H and O–H groups in total. The summed E-state index contributed by atoms with van der Waals surface area (Å²) in [4.78, 5) is 36.0. The monoisotopic (exact) mass is 1380 g/mol. The molecular formula is C88H147NO8P+. The Kier molecular flexibility index (Phi) is 72.5. The van der Waals surface area contributed by atoms with E-state index >= 15 is 0 Å². The van der Waals surface area contributed by atoms with Crippen LogP contribution in [-0.2, 0) is 32.7 Å². The van der Waals surface area contributed by atoms with Crippen LogP contribution in [0.4, 0.5) is 0 Å². The molecule has 9 nitrogen and oxygen atoms in total. The zero-order chi connectivity index (χ0) is 71.1. The van der Waals surface area contributed by atoms with Gasteiger partial charge in [0.25, 0.3) is 0 Å².